The fraction of sp³-hybridized carbons (Fsp3) is 0.769. The van der Waals surface area contributed by atoms with E-state index in [4.69, 9.17) is 5.11 Å². The molecule has 19 heavy (non-hydrogen) atoms. The van der Waals surface area contributed by atoms with E-state index in [1.807, 2.05) is 20.8 Å². The van der Waals surface area contributed by atoms with Gasteiger partial charge in [-0.25, -0.2) is 0 Å². The van der Waals surface area contributed by atoms with Gasteiger partial charge < -0.3 is 14.9 Å². The molecule has 0 heterocycles. The maximum atomic E-state index is 11.9. The lowest BCUT2D eigenvalue weighted by Gasteiger charge is -2.21. The van der Waals surface area contributed by atoms with E-state index in [1.165, 1.54) is 4.90 Å². The van der Waals surface area contributed by atoms with E-state index in [1.54, 1.807) is 4.90 Å². The molecule has 0 aromatic heterocycles. The third-order valence-electron chi connectivity index (χ3n) is 2.84. The van der Waals surface area contributed by atoms with Crippen LogP contribution in [0, 0.1) is 0 Å². The molecular weight excluding hydrogens is 248 g/mol. The second-order valence-corrected chi connectivity index (χ2v) is 4.28. The number of carboxylic acids is 1. The molecule has 0 aromatic rings. The number of rotatable bonds is 9. The first-order valence-corrected chi connectivity index (χ1v) is 6.73. The Bertz CT molecular complexity index is 314. The molecule has 6 heteroatoms. The monoisotopic (exact) mass is 272 g/mol. The zero-order chi connectivity index (χ0) is 14.8. The summed E-state index contributed by atoms with van der Waals surface area (Å²) >= 11 is 0. The van der Waals surface area contributed by atoms with Gasteiger partial charge in [-0.05, 0) is 20.3 Å². The van der Waals surface area contributed by atoms with E-state index in [0.29, 0.717) is 26.1 Å². The summed E-state index contributed by atoms with van der Waals surface area (Å²) in [5.41, 5.74) is 0. The molecule has 0 rings (SSSR count). The minimum absolute atomic E-state index is 0.0647. The Kier molecular flexibility index (Phi) is 8.57. The van der Waals surface area contributed by atoms with E-state index >= 15 is 0 Å². The van der Waals surface area contributed by atoms with Crippen molar-refractivity contribution in [1.29, 1.82) is 0 Å². The highest BCUT2D eigenvalue weighted by molar-refractivity contribution is 5.85. The van der Waals surface area contributed by atoms with E-state index < -0.39 is 5.97 Å². The summed E-state index contributed by atoms with van der Waals surface area (Å²) in [5, 5.41) is 8.73. The molecule has 0 radical (unpaired) electrons. The molecule has 0 aliphatic carbocycles. The second-order valence-electron chi connectivity index (χ2n) is 4.28. The number of nitrogens with zero attached hydrogens (tertiary/aromatic N) is 2. The number of carbonyl (C=O) groups excluding carboxylic acids is 2. The van der Waals surface area contributed by atoms with Crippen LogP contribution in [-0.4, -0.2) is 58.9 Å². The fourth-order valence-corrected chi connectivity index (χ4v) is 1.83. The van der Waals surface area contributed by atoms with Crippen LogP contribution in [0.1, 0.15) is 40.0 Å². The van der Waals surface area contributed by atoms with Gasteiger partial charge in [-0.2, -0.15) is 0 Å². The van der Waals surface area contributed by atoms with Crippen molar-refractivity contribution in [3.05, 3.63) is 0 Å². The van der Waals surface area contributed by atoms with Crippen LogP contribution in [0.5, 0.6) is 0 Å². The summed E-state index contributed by atoms with van der Waals surface area (Å²) in [7, 11) is 0. The zero-order valence-electron chi connectivity index (χ0n) is 12.0. The highest BCUT2D eigenvalue weighted by atomic mass is 16.4. The molecule has 110 valence electrons. The Balaban J connectivity index is 4.32. The summed E-state index contributed by atoms with van der Waals surface area (Å²) < 4.78 is 0. The molecule has 1 N–H and O–H groups in total. The Morgan fingerprint density at radius 2 is 1.37 bits per heavy atom. The van der Waals surface area contributed by atoms with Crippen molar-refractivity contribution in [3.8, 4) is 0 Å². The lowest BCUT2D eigenvalue weighted by molar-refractivity contribution is -0.145. The fourth-order valence-electron chi connectivity index (χ4n) is 1.83. The molecule has 0 unspecified atom stereocenters. The smallest absolute Gasteiger partial charge is 0.323 e. The minimum Gasteiger partial charge on any atom is -0.480 e. The molecule has 6 nitrogen and oxygen atoms in total. The third kappa shape index (κ3) is 6.79. The molecule has 0 spiro atoms. The van der Waals surface area contributed by atoms with Gasteiger partial charge in [0.15, 0.2) is 0 Å². The van der Waals surface area contributed by atoms with Gasteiger partial charge in [0.25, 0.3) is 0 Å². The number of aliphatic carboxylic acids is 1. The van der Waals surface area contributed by atoms with Crippen LogP contribution < -0.4 is 0 Å². The lowest BCUT2D eigenvalue weighted by Crippen LogP contribution is -2.37. The first-order chi connectivity index (χ1) is 8.96. The molecular formula is C13H24N2O4. The van der Waals surface area contributed by atoms with Gasteiger partial charge in [-0.1, -0.05) is 6.92 Å². The van der Waals surface area contributed by atoms with Crippen molar-refractivity contribution in [2.24, 2.45) is 0 Å². The Hall–Kier alpha value is -1.59. The summed E-state index contributed by atoms with van der Waals surface area (Å²) in [4.78, 5) is 37.2. The SMILES string of the molecule is CCCN(CC(=O)O)C(=O)CCC(=O)N(CC)CC. The molecule has 0 atom stereocenters. The predicted octanol–water partition coefficient (Wildman–Crippen LogP) is 0.958. The molecule has 0 saturated heterocycles. The largest absolute Gasteiger partial charge is 0.480 e. The summed E-state index contributed by atoms with van der Waals surface area (Å²) in [5.74, 6) is -1.37. The molecule has 0 fully saturated rings. The van der Waals surface area contributed by atoms with Gasteiger partial charge in [-0.15, -0.1) is 0 Å². The van der Waals surface area contributed by atoms with Gasteiger partial charge in [0.05, 0.1) is 0 Å². The summed E-state index contributed by atoms with van der Waals surface area (Å²) in [6.45, 7) is 7.00. The van der Waals surface area contributed by atoms with E-state index in [2.05, 4.69) is 0 Å². The number of amides is 2. The Labute approximate surface area is 114 Å². The van der Waals surface area contributed by atoms with Crippen LogP contribution in [0.25, 0.3) is 0 Å². The molecule has 0 aliphatic heterocycles. The third-order valence-corrected chi connectivity index (χ3v) is 2.84. The van der Waals surface area contributed by atoms with Crippen LogP contribution >= 0.6 is 0 Å². The maximum absolute atomic E-state index is 11.9. The first kappa shape index (κ1) is 17.4. The van der Waals surface area contributed by atoms with Crippen LogP contribution in [0.2, 0.25) is 0 Å². The van der Waals surface area contributed by atoms with Crippen LogP contribution in [0.4, 0.5) is 0 Å². The van der Waals surface area contributed by atoms with Crippen molar-refractivity contribution in [2.75, 3.05) is 26.2 Å². The van der Waals surface area contributed by atoms with Gasteiger partial charge >= 0.3 is 5.97 Å². The van der Waals surface area contributed by atoms with E-state index in [9.17, 15) is 14.4 Å². The lowest BCUT2D eigenvalue weighted by atomic mass is 10.2. The average Bonchev–Trinajstić information content (AvgIpc) is 2.36. The van der Waals surface area contributed by atoms with Crippen LogP contribution in [0.3, 0.4) is 0 Å². The molecule has 0 aromatic carbocycles. The summed E-state index contributed by atoms with van der Waals surface area (Å²) in [6, 6.07) is 0. The highest BCUT2D eigenvalue weighted by Crippen LogP contribution is 2.03. The topological polar surface area (TPSA) is 77.9 Å². The van der Waals surface area contributed by atoms with Crippen molar-refractivity contribution in [1.82, 2.24) is 9.80 Å². The van der Waals surface area contributed by atoms with Crippen molar-refractivity contribution in [2.45, 2.75) is 40.0 Å². The second kappa shape index (κ2) is 9.35. The minimum atomic E-state index is -1.03. The molecule has 2 amide bonds. The first-order valence-electron chi connectivity index (χ1n) is 6.73. The Morgan fingerprint density at radius 3 is 1.74 bits per heavy atom. The maximum Gasteiger partial charge on any atom is 0.323 e. The molecule has 0 saturated carbocycles. The van der Waals surface area contributed by atoms with Gasteiger partial charge in [0, 0.05) is 32.5 Å². The van der Waals surface area contributed by atoms with E-state index in [-0.39, 0.29) is 31.2 Å². The van der Waals surface area contributed by atoms with Crippen LogP contribution in [0.15, 0.2) is 0 Å². The van der Waals surface area contributed by atoms with Crippen molar-refractivity contribution >= 4 is 17.8 Å². The van der Waals surface area contributed by atoms with Gasteiger partial charge in [0.2, 0.25) is 11.8 Å². The van der Waals surface area contributed by atoms with Crippen LogP contribution in [-0.2, 0) is 14.4 Å². The zero-order valence-corrected chi connectivity index (χ0v) is 12.0. The average molecular weight is 272 g/mol. The van der Waals surface area contributed by atoms with Gasteiger partial charge in [0.1, 0.15) is 6.54 Å². The quantitative estimate of drug-likeness (QED) is 0.678. The van der Waals surface area contributed by atoms with Crippen molar-refractivity contribution < 1.29 is 19.5 Å². The summed E-state index contributed by atoms with van der Waals surface area (Å²) in [6.07, 6.45) is 0.909. The van der Waals surface area contributed by atoms with E-state index in [0.717, 1.165) is 0 Å². The number of carboxylic acid groups (broad SMARTS) is 1. The molecule has 0 bridgehead atoms. The number of hydrogen-bond acceptors (Lipinski definition) is 3. The number of carbonyl (C=O) groups is 3. The van der Waals surface area contributed by atoms with Crippen molar-refractivity contribution in [3.63, 3.8) is 0 Å². The Morgan fingerprint density at radius 1 is 0.895 bits per heavy atom. The number of hydrogen-bond donors (Lipinski definition) is 1. The molecule has 0 aliphatic rings. The highest BCUT2D eigenvalue weighted by Gasteiger charge is 2.18. The van der Waals surface area contributed by atoms with Gasteiger partial charge in [-0.3, -0.25) is 14.4 Å². The predicted molar refractivity (Wildman–Crippen MR) is 71.7 cm³/mol. The standard InChI is InChI=1S/C13H24N2O4/c1-4-9-15(10-13(18)19)12(17)8-7-11(16)14(5-2)6-3/h4-10H2,1-3H3,(H,18,19). The normalized spacial score (nSPS) is 10.1.